The highest BCUT2D eigenvalue weighted by Crippen LogP contribution is 2.51. The summed E-state index contributed by atoms with van der Waals surface area (Å²) in [7, 11) is 3.62. The second-order valence-electron chi connectivity index (χ2n) is 7.77. The van der Waals surface area contributed by atoms with Crippen LogP contribution in [0, 0.1) is 12.3 Å². The van der Waals surface area contributed by atoms with Crippen molar-refractivity contribution in [1.29, 1.82) is 0 Å². The average Bonchev–Trinajstić information content (AvgIpc) is 2.92. The molecule has 0 bridgehead atoms. The lowest BCUT2D eigenvalue weighted by atomic mass is 9.56. The van der Waals surface area contributed by atoms with Crippen molar-refractivity contribution in [1.82, 2.24) is 25.4 Å². The van der Waals surface area contributed by atoms with Crippen LogP contribution in [0.4, 0.5) is 0 Å². The number of rotatable bonds is 3. The summed E-state index contributed by atoms with van der Waals surface area (Å²) in [5.74, 6) is 2.80. The van der Waals surface area contributed by atoms with E-state index in [1.165, 1.54) is 0 Å². The van der Waals surface area contributed by atoms with E-state index < -0.39 is 0 Å². The number of aliphatic imine (C=N–C) groups is 1. The third-order valence-corrected chi connectivity index (χ3v) is 6.12. The summed E-state index contributed by atoms with van der Waals surface area (Å²) in [5, 5.41) is 11.6. The van der Waals surface area contributed by atoms with Crippen LogP contribution in [-0.2, 0) is 17.7 Å². The number of hydrogen-bond donors (Lipinski definition) is 2. The first-order valence-electron chi connectivity index (χ1n) is 8.74. The highest BCUT2D eigenvalue weighted by Gasteiger charge is 2.58. The number of fused-ring (bicyclic) bond motifs is 1. The summed E-state index contributed by atoms with van der Waals surface area (Å²) in [6.45, 7) is 9.45. The maximum absolute atomic E-state index is 5.71. The molecular formula is C17H31IN6O. The number of halogens is 1. The molecule has 8 heteroatoms. The largest absolute Gasteiger partial charge is 0.378 e. The Kier molecular flexibility index (Phi) is 6.03. The Hall–Kier alpha value is -0.900. The minimum atomic E-state index is -0.0818. The molecule has 0 radical (unpaired) electrons. The van der Waals surface area contributed by atoms with Crippen LogP contribution in [0.2, 0.25) is 0 Å². The molecule has 0 spiro atoms. The minimum absolute atomic E-state index is 0. The number of hydrogen-bond acceptors (Lipinski definition) is 4. The normalized spacial score (nSPS) is 30.7. The Bertz CT molecular complexity index is 643. The van der Waals surface area contributed by atoms with Gasteiger partial charge in [-0.1, -0.05) is 13.8 Å². The molecule has 2 N–H and O–H groups in total. The molecule has 0 amide bonds. The lowest BCUT2D eigenvalue weighted by Gasteiger charge is -2.59. The SMILES string of the molecule is CN=C(NC1CCc2nc(C)nn2C1)NC1CC(C)(OC)C1(C)C.I. The molecule has 1 aromatic heterocycles. The van der Waals surface area contributed by atoms with Gasteiger partial charge in [0.05, 0.1) is 12.1 Å². The first kappa shape index (κ1) is 20.4. The molecule has 0 saturated heterocycles. The van der Waals surface area contributed by atoms with Crippen LogP contribution in [0.25, 0.3) is 0 Å². The molecule has 2 aliphatic rings. The smallest absolute Gasteiger partial charge is 0.191 e. The van der Waals surface area contributed by atoms with Crippen LogP contribution in [0.3, 0.4) is 0 Å². The number of guanidine groups is 1. The molecule has 142 valence electrons. The van der Waals surface area contributed by atoms with E-state index in [4.69, 9.17) is 4.74 Å². The van der Waals surface area contributed by atoms with Gasteiger partial charge in [-0.15, -0.1) is 24.0 Å². The number of nitrogens with one attached hydrogen (secondary N) is 2. The summed E-state index contributed by atoms with van der Waals surface area (Å²) < 4.78 is 7.72. The topological polar surface area (TPSA) is 76.4 Å². The van der Waals surface area contributed by atoms with Crippen molar-refractivity contribution in [3.05, 3.63) is 11.6 Å². The lowest BCUT2D eigenvalue weighted by molar-refractivity contribution is -0.176. The van der Waals surface area contributed by atoms with E-state index in [0.717, 1.165) is 43.4 Å². The number of ether oxygens (including phenoxy) is 1. The van der Waals surface area contributed by atoms with Crippen LogP contribution in [0.15, 0.2) is 4.99 Å². The highest BCUT2D eigenvalue weighted by molar-refractivity contribution is 14.0. The van der Waals surface area contributed by atoms with Crippen molar-refractivity contribution in [2.24, 2.45) is 10.4 Å². The number of aromatic nitrogens is 3. The monoisotopic (exact) mass is 462 g/mol. The van der Waals surface area contributed by atoms with E-state index in [2.05, 4.69) is 46.5 Å². The molecular weight excluding hydrogens is 431 g/mol. The summed E-state index contributed by atoms with van der Waals surface area (Å²) in [4.78, 5) is 8.88. The van der Waals surface area contributed by atoms with Gasteiger partial charge in [-0.3, -0.25) is 4.99 Å². The van der Waals surface area contributed by atoms with Crippen LogP contribution in [-0.4, -0.2) is 52.6 Å². The molecule has 3 rings (SSSR count). The minimum Gasteiger partial charge on any atom is -0.378 e. The molecule has 7 nitrogen and oxygen atoms in total. The van der Waals surface area contributed by atoms with Crippen LogP contribution in [0.1, 0.15) is 45.3 Å². The van der Waals surface area contributed by atoms with Crippen molar-refractivity contribution in [2.45, 2.75) is 71.2 Å². The number of aryl methyl sites for hydroxylation is 2. The number of nitrogens with zero attached hydrogens (tertiary/aromatic N) is 4. The van der Waals surface area contributed by atoms with Gasteiger partial charge in [0.1, 0.15) is 11.6 Å². The zero-order valence-electron chi connectivity index (χ0n) is 16.1. The maximum Gasteiger partial charge on any atom is 0.191 e. The van der Waals surface area contributed by atoms with Gasteiger partial charge >= 0.3 is 0 Å². The van der Waals surface area contributed by atoms with Gasteiger partial charge in [0.15, 0.2) is 5.96 Å². The van der Waals surface area contributed by atoms with E-state index in [0.29, 0.717) is 12.1 Å². The predicted octanol–water partition coefficient (Wildman–Crippen LogP) is 1.89. The zero-order valence-corrected chi connectivity index (χ0v) is 18.4. The maximum atomic E-state index is 5.71. The van der Waals surface area contributed by atoms with E-state index >= 15 is 0 Å². The van der Waals surface area contributed by atoms with Crippen LogP contribution >= 0.6 is 24.0 Å². The van der Waals surface area contributed by atoms with Gasteiger partial charge in [0, 0.05) is 38.1 Å². The first-order valence-corrected chi connectivity index (χ1v) is 8.74. The Labute approximate surface area is 167 Å². The van der Waals surface area contributed by atoms with E-state index in [1.807, 2.05) is 18.7 Å². The van der Waals surface area contributed by atoms with E-state index in [-0.39, 0.29) is 35.0 Å². The van der Waals surface area contributed by atoms with Gasteiger partial charge in [-0.25, -0.2) is 9.67 Å². The quantitative estimate of drug-likeness (QED) is 0.408. The van der Waals surface area contributed by atoms with Crippen molar-refractivity contribution in [3.8, 4) is 0 Å². The Morgan fingerprint density at radius 2 is 2.04 bits per heavy atom. The molecule has 1 aromatic rings. The standard InChI is InChI=1S/C17H30N6O.HI/c1-11-19-14-8-7-12(10-23(14)22-11)20-15(18-5)21-13-9-17(4,24-6)16(13,2)3;/h12-13H,7-10H2,1-6H3,(H2,18,20,21);1H. The molecule has 2 heterocycles. The highest BCUT2D eigenvalue weighted by atomic mass is 127. The summed E-state index contributed by atoms with van der Waals surface area (Å²) in [6.07, 6.45) is 2.98. The number of methoxy groups -OCH3 is 1. The Balaban J connectivity index is 0.00000225. The van der Waals surface area contributed by atoms with Gasteiger partial charge < -0.3 is 15.4 Å². The van der Waals surface area contributed by atoms with Crippen LogP contribution < -0.4 is 10.6 Å². The van der Waals surface area contributed by atoms with Gasteiger partial charge in [0.25, 0.3) is 0 Å². The summed E-state index contributed by atoms with van der Waals surface area (Å²) in [5.41, 5.74) is -0.0242. The van der Waals surface area contributed by atoms with Gasteiger partial charge in [-0.05, 0) is 26.7 Å². The van der Waals surface area contributed by atoms with Crippen molar-refractivity contribution < 1.29 is 4.74 Å². The molecule has 0 aromatic carbocycles. The molecule has 1 aliphatic carbocycles. The third kappa shape index (κ3) is 3.65. The fourth-order valence-corrected chi connectivity index (χ4v) is 3.80. The van der Waals surface area contributed by atoms with E-state index in [1.54, 1.807) is 7.11 Å². The van der Waals surface area contributed by atoms with Crippen LogP contribution in [0.5, 0.6) is 0 Å². The molecule has 1 aliphatic heterocycles. The average molecular weight is 462 g/mol. The van der Waals surface area contributed by atoms with Crippen molar-refractivity contribution in [3.63, 3.8) is 0 Å². The molecule has 3 unspecified atom stereocenters. The van der Waals surface area contributed by atoms with Crippen molar-refractivity contribution >= 4 is 29.9 Å². The molecule has 1 fully saturated rings. The zero-order chi connectivity index (χ0) is 17.5. The van der Waals surface area contributed by atoms with Gasteiger partial charge in [-0.2, -0.15) is 5.10 Å². The Morgan fingerprint density at radius 1 is 1.32 bits per heavy atom. The predicted molar refractivity (Wildman–Crippen MR) is 110 cm³/mol. The van der Waals surface area contributed by atoms with E-state index in [9.17, 15) is 0 Å². The fraction of sp³-hybridized carbons (Fsp3) is 0.824. The first-order chi connectivity index (χ1) is 11.3. The second-order valence-corrected chi connectivity index (χ2v) is 7.77. The lowest BCUT2D eigenvalue weighted by Crippen LogP contribution is -2.69. The fourth-order valence-electron chi connectivity index (χ4n) is 3.80. The molecule has 25 heavy (non-hydrogen) atoms. The second kappa shape index (κ2) is 7.38. The third-order valence-electron chi connectivity index (χ3n) is 6.12. The summed E-state index contributed by atoms with van der Waals surface area (Å²) >= 11 is 0. The van der Waals surface area contributed by atoms with Crippen molar-refractivity contribution in [2.75, 3.05) is 14.2 Å². The molecule has 1 saturated carbocycles. The Morgan fingerprint density at radius 3 is 2.64 bits per heavy atom. The molecule has 3 atom stereocenters. The van der Waals surface area contributed by atoms with Gasteiger partial charge in [0.2, 0.25) is 0 Å². The summed E-state index contributed by atoms with van der Waals surface area (Å²) in [6, 6.07) is 0.670.